The molecule has 3 aliphatic rings. The van der Waals surface area contributed by atoms with Gasteiger partial charge in [-0.15, -0.1) is 0 Å². The van der Waals surface area contributed by atoms with Crippen molar-refractivity contribution in [2.24, 2.45) is 0 Å². The second-order valence-electron chi connectivity index (χ2n) is 24.3. The van der Waals surface area contributed by atoms with Crippen LogP contribution in [0.2, 0.25) is 0 Å². The van der Waals surface area contributed by atoms with Gasteiger partial charge in [0.2, 0.25) is 5.91 Å². The summed E-state index contributed by atoms with van der Waals surface area (Å²) in [7, 11) is 0. The van der Waals surface area contributed by atoms with Gasteiger partial charge >= 0.3 is 0 Å². The van der Waals surface area contributed by atoms with Gasteiger partial charge in [-0.05, 0) is 51.4 Å². The Bertz CT molecular complexity index is 1750. The molecule has 17 unspecified atom stereocenters. The van der Waals surface area contributed by atoms with Gasteiger partial charge in [-0.25, -0.2) is 0 Å². The van der Waals surface area contributed by atoms with Crippen molar-refractivity contribution >= 4 is 5.91 Å². The van der Waals surface area contributed by atoms with Gasteiger partial charge in [-0.1, -0.05) is 229 Å². The number of nitrogens with one attached hydrogen (secondary N) is 1. The summed E-state index contributed by atoms with van der Waals surface area (Å²) < 4.78 is 34.1. The van der Waals surface area contributed by atoms with Gasteiger partial charge in [0.15, 0.2) is 18.9 Å². The maximum atomic E-state index is 13.2. The molecule has 19 nitrogen and oxygen atoms in total. The molecule has 19 heteroatoms. The van der Waals surface area contributed by atoms with Crippen LogP contribution >= 0.6 is 0 Å². The molecule has 0 aromatic carbocycles. The van der Waals surface area contributed by atoms with Crippen molar-refractivity contribution in [1.82, 2.24) is 5.32 Å². The van der Waals surface area contributed by atoms with Crippen LogP contribution in [0.25, 0.3) is 0 Å². The van der Waals surface area contributed by atoms with Gasteiger partial charge in [0.25, 0.3) is 0 Å². The third kappa shape index (κ3) is 31.7. The van der Waals surface area contributed by atoms with Crippen LogP contribution in [-0.2, 0) is 33.2 Å². The van der Waals surface area contributed by atoms with Crippen LogP contribution in [0.15, 0.2) is 48.6 Å². The highest BCUT2D eigenvalue weighted by atomic mass is 16.8. The summed E-state index contributed by atoms with van der Waals surface area (Å²) in [5.74, 6) is -0.283. The molecule has 0 radical (unpaired) electrons. The fraction of sp³-hybridized carbons (Fsp3) is 0.866. The number of carbonyl (C=O) groups excluding carboxylic acids is 1. The van der Waals surface area contributed by atoms with E-state index in [1.54, 1.807) is 6.08 Å². The van der Waals surface area contributed by atoms with Crippen molar-refractivity contribution < 1.29 is 89.4 Å². The van der Waals surface area contributed by atoms with Gasteiger partial charge in [0.05, 0.1) is 38.6 Å². The largest absolute Gasteiger partial charge is 0.394 e. The van der Waals surface area contributed by atoms with E-state index in [2.05, 4.69) is 48.7 Å². The Morgan fingerprint density at radius 2 is 0.779 bits per heavy atom. The van der Waals surface area contributed by atoms with Crippen molar-refractivity contribution in [3.63, 3.8) is 0 Å². The van der Waals surface area contributed by atoms with Crippen molar-refractivity contribution in [2.75, 3.05) is 26.4 Å². The zero-order chi connectivity index (χ0) is 62.6. The molecular formula is C67H121NO18. The molecule has 12 N–H and O–H groups in total. The lowest BCUT2D eigenvalue weighted by Gasteiger charge is -2.48. The lowest BCUT2D eigenvalue weighted by Crippen LogP contribution is -2.66. The Kier molecular flexibility index (Phi) is 44.8. The topological polar surface area (TPSA) is 307 Å². The lowest BCUT2D eigenvalue weighted by molar-refractivity contribution is -0.379. The third-order valence-electron chi connectivity index (χ3n) is 16.9. The summed E-state index contributed by atoms with van der Waals surface area (Å²) in [5.41, 5.74) is 0. The molecule has 0 saturated carbocycles. The van der Waals surface area contributed by atoms with Crippen LogP contribution in [0.4, 0.5) is 0 Å². The van der Waals surface area contributed by atoms with E-state index in [0.29, 0.717) is 12.8 Å². The van der Waals surface area contributed by atoms with E-state index in [1.807, 2.05) is 13.0 Å². The first-order valence-corrected chi connectivity index (χ1v) is 33.9. The van der Waals surface area contributed by atoms with E-state index in [4.69, 9.17) is 28.4 Å². The standard InChI is InChI=1S/C67H121NO18/c1-3-5-7-9-10-11-12-13-14-15-16-17-18-19-20-21-22-23-24-25-26-27-28-29-30-31-32-33-34-35-36-37-38-39-40-41-43-45-55(73)68-50(51(72)44-42-8-6-4-2)49-81-65-61(79)58(76)63(53(47-70)83-65)86-67-62(80)59(77)64(54(48-71)84-67)85-66-60(78)57(75)56(74)52(46-69)82-66/h12-13,15-16,18-19,42,44,50-54,56-67,69-72,74-80H,3-11,14,17,20-41,43,45-49H2,1-2H3,(H,68,73)/b13-12-,16-15-,19-18-,44-42+. The maximum Gasteiger partial charge on any atom is 0.220 e. The Hall–Kier alpha value is -2.25. The quantitative estimate of drug-likeness (QED) is 0.0202. The molecule has 86 heavy (non-hydrogen) atoms. The summed E-state index contributed by atoms with van der Waals surface area (Å²) in [4.78, 5) is 13.2. The molecule has 1 amide bonds. The van der Waals surface area contributed by atoms with Crippen molar-refractivity contribution in [3.8, 4) is 0 Å². The normalized spacial score (nSPS) is 29.1. The number of rotatable bonds is 51. The smallest absolute Gasteiger partial charge is 0.220 e. The SMILES string of the molecule is CCCC/C=C/C(O)C(COC1OC(CO)C(OC2OC(CO)C(OC3OC(CO)C(O)C(O)C3O)C(O)C2O)C(O)C1O)NC(=O)CCCCCCCCCCCCCCCCCCCCCCCC/C=C\C/C=C\C/C=C\CCCCCCC. The van der Waals surface area contributed by atoms with Crippen LogP contribution in [0.3, 0.4) is 0 Å². The Balaban J connectivity index is 1.22. The summed E-state index contributed by atoms with van der Waals surface area (Å²) in [5, 5.41) is 119. The van der Waals surface area contributed by atoms with Crippen molar-refractivity contribution in [3.05, 3.63) is 48.6 Å². The molecule has 502 valence electrons. The molecule has 0 aliphatic carbocycles. The van der Waals surface area contributed by atoms with Crippen LogP contribution in [0, 0.1) is 0 Å². The minimum Gasteiger partial charge on any atom is -0.394 e. The highest BCUT2D eigenvalue weighted by Gasteiger charge is 2.53. The second kappa shape index (κ2) is 49.5. The number of ether oxygens (including phenoxy) is 6. The Morgan fingerprint density at radius 1 is 0.419 bits per heavy atom. The van der Waals surface area contributed by atoms with Gasteiger partial charge in [-0.2, -0.15) is 0 Å². The van der Waals surface area contributed by atoms with Gasteiger partial charge in [0, 0.05) is 6.42 Å². The number of aliphatic hydroxyl groups excluding tert-OH is 11. The number of hydrogen-bond donors (Lipinski definition) is 12. The fourth-order valence-corrected chi connectivity index (χ4v) is 11.3. The first-order chi connectivity index (χ1) is 41.8. The molecule has 0 aromatic rings. The molecule has 0 bridgehead atoms. The van der Waals surface area contributed by atoms with Gasteiger partial charge in [0.1, 0.15) is 73.2 Å². The average Bonchev–Trinajstić information content (AvgIpc) is 1.95. The molecule has 3 heterocycles. The van der Waals surface area contributed by atoms with Crippen molar-refractivity contribution in [2.45, 2.75) is 343 Å². The molecule has 17 atom stereocenters. The van der Waals surface area contributed by atoms with E-state index in [-0.39, 0.29) is 18.9 Å². The zero-order valence-electron chi connectivity index (χ0n) is 52.8. The summed E-state index contributed by atoms with van der Waals surface area (Å²) in [6, 6.07) is -0.967. The number of allylic oxidation sites excluding steroid dienone is 7. The number of aliphatic hydroxyl groups is 11. The van der Waals surface area contributed by atoms with E-state index >= 15 is 0 Å². The molecular weight excluding hydrogens is 1110 g/mol. The van der Waals surface area contributed by atoms with Gasteiger partial charge in [-0.3, -0.25) is 4.79 Å². The zero-order valence-corrected chi connectivity index (χ0v) is 52.8. The highest BCUT2D eigenvalue weighted by molar-refractivity contribution is 5.76. The number of carbonyl (C=O) groups is 1. The van der Waals surface area contributed by atoms with E-state index in [1.165, 1.54) is 161 Å². The second-order valence-corrected chi connectivity index (χ2v) is 24.3. The lowest BCUT2D eigenvalue weighted by atomic mass is 9.96. The molecule has 3 aliphatic heterocycles. The first kappa shape index (κ1) is 78.0. The third-order valence-corrected chi connectivity index (χ3v) is 16.9. The van der Waals surface area contributed by atoms with Crippen LogP contribution in [0.5, 0.6) is 0 Å². The number of hydrogen-bond acceptors (Lipinski definition) is 18. The summed E-state index contributed by atoms with van der Waals surface area (Å²) >= 11 is 0. The summed E-state index contributed by atoms with van der Waals surface area (Å²) in [6.45, 7) is 1.54. The number of unbranched alkanes of at least 4 members (excludes halogenated alkanes) is 29. The monoisotopic (exact) mass is 1230 g/mol. The highest BCUT2D eigenvalue weighted by Crippen LogP contribution is 2.33. The Morgan fingerprint density at radius 3 is 1.22 bits per heavy atom. The van der Waals surface area contributed by atoms with Gasteiger partial charge < -0.3 is 89.9 Å². The molecule has 3 fully saturated rings. The van der Waals surface area contributed by atoms with E-state index in [9.17, 15) is 61.0 Å². The predicted octanol–water partition coefficient (Wildman–Crippen LogP) is 8.22. The molecule has 0 aromatic heterocycles. The predicted molar refractivity (Wildman–Crippen MR) is 332 cm³/mol. The van der Waals surface area contributed by atoms with Crippen LogP contribution in [0.1, 0.15) is 239 Å². The summed E-state index contributed by atoms with van der Waals surface area (Å²) in [6.07, 6.45) is 32.4. The van der Waals surface area contributed by atoms with Crippen LogP contribution in [-0.4, -0.2) is 193 Å². The van der Waals surface area contributed by atoms with E-state index < -0.39 is 124 Å². The Labute approximate surface area is 516 Å². The van der Waals surface area contributed by atoms with Crippen molar-refractivity contribution in [1.29, 1.82) is 0 Å². The molecule has 3 rings (SSSR count). The minimum atomic E-state index is -1.98. The maximum absolute atomic E-state index is 13.2. The number of amides is 1. The van der Waals surface area contributed by atoms with E-state index in [0.717, 1.165) is 44.9 Å². The minimum absolute atomic E-state index is 0.243. The molecule has 3 saturated heterocycles. The fourth-order valence-electron chi connectivity index (χ4n) is 11.3. The average molecular weight is 1230 g/mol. The molecule has 0 spiro atoms. The first-order valence-electron chi connectivity index (χ1n) is 33.9. The van der Waals surface area contributed by atoms with Crippen LogP contribution < -0.4 is 5.32 Å².